The lowest BCUT2D eigenvalue weighted by atomic mass is 9.79. The van der Waals surface area contributed by atoms with Crippen LogP contribution in [0.4, 0.5) is 0 Å². The van der Waals surface area contributed by atoms with E-state index in [1.807, 2.05) is 13.8 Å². The smallest absolute Gasteiger partial charge is 0.310 e. The van der Waals surface area contributed by atoms with E-state index >= 15 is 0 Å². The van der Waals surface area contributed by atoms with Gasteiger partial charge in [-0.3, -0.25) is 4.79 Å². The zero-order valence-corrected chi connectivity index (χ0v) is 10.3. The number of nitrogens with zero attached hydrogens (tertiary/aromatic N) is 2. The molecule has 1 saturated carbocycles. The third-order valence-electron chi connectivity index (χ3n) is 3.72. The van der Waals surface area contributed by atoms with Crippen LogP contribution in [0.15, 0.2) is 4.52 Å². The second-order valence-corrected chi connectivity index (χ2v) is 4.79. The van der Waals surface area contributed by atoms with E-state index in [0.717, 1.165) is 18.7 Å². The van der Waals surface area contributed by atoms with Crippen molar-refractivity contribution in [3.05, 3.63) is 11.7 Å². The van der Waals surface area contributed by atoms with Gasteiger partial charge in [-0.15, -0.1) is 0 Å². The van der Waals surface area contributed by atoms with Crippen molar-refractivity contribution in [1.29, 1.82) is 0 Å². The topological polar surface area (TPSA) is 76.2 Å². The summed E-state index contributed by atoms with van der Waals surface area (Å²) in [6.45, 7) is 3.77. The van der Waals surface area contributed by atoms with Gasteiger partial charge in [0.2, 0.25) is 5.89 Å². The Bertz CT molecular complexity index is 406. The summed E-state index contributed by atoms with van der Waals surface area (Å²) in [5.41, 5.74) is -0.770. The van der Waals surface area contributed by atoms with Crippen molar-refractivity contribution < 1.29 is 14.4 Å². The fourth-order valence-electron chi connectivity index (χ4n) is 2.01. The predicted molar refractivity (Wildman–Crippen MR) is 60.6 cm³/mol. The van der Waals surface area contributed by atoms with Crippen molar-refractivity contribution in [3.8, 4) is 0 Å². The first kappa shape index (κ1) is 12.1. The molecule has 0 aromatic carbocycles. The molecule has 1 aromatic heterocycles. The van der Waals surface area contributed by atoms with Crippen molar-refractivity contribution in [2.24, 2.45) is 5.41 Å². The number of hydrogen-bond acceptors (Lipinski definition) is 4. The largest absolute Gasteiger partial charge is 0.481 e. The van der Waals surface area contributed by atoms with E-state index in [2.05, 4.69) is 10.1 Å². The first-order valence-electron chi connectivity index (χ1n) is 6.17. The third-order valence-corrected chi connectivity index (χ3v) is 3.72. The van der Waals surface area contributed by atoms with Crippen LogP contribution in [0.2, 0.25) is 0 Å². The monoisotopic (exact) mass is 238 g/mol. The standard InChI is InChI=1S/C12H18N2O3/c1-3-12(4-2,11(15)16)7-9-13-10(14-17-9)8-5-6-8/h8H,3-7H2,1-2H3,(H,15,16). The van der Waals surface area contributed by atoms with Crippen LogP contribution in [-0.4, -0.2) is 21.2 Å². The van der Waals surface area contributed by atoms with Gasteiger partial charge < -0.3 is 9.63 Å². The Morgan fingerprint density at radius 2 is 2.12 bits per heavy atom. The number of carboxylic acid groups (broad SMARTS) is 1. The lowest BCUT2D eigenvalue weighted by Gasteiger charge is -2.24. The third kappa shape index (κ3) is 2.33. The molecule has 94 valence electrons. The van der Waals surface area contributed by atoms with Crippen molar-refractivity contribution in [1.82, 2.24) is 10.1 Å². The van der Waals surface area contributed by atoms with E-state index in [4.69, 9.17) is 4.52 Å². The van der Waals surface area contributed by atoms with Gasteiger partial charge in [0.25, 0.3) is 0 Å². The molecule has 0 atom stereocenters. The zero-order chi connectivity index (χ0) is 12.5. The van der Waals surface area contributed by atoms with Gasteiger partial charge in [-0.25, -0.2) is 0 Å². The van der Waals surface area contributed by atoms with Gasteiger partial charge in [-0.1, -0.05) is 19.0 Å². The van der Waals surface area contributed by atoms with E-state index in [9.17, 15) is 9.90 Å². The van der Waals surface area contributed by atoms with Crippen molar-refractivity contribution in [2.45, 2.75) is 51.9 Å². The molecule has 17 heavy (non-hydrogen) atoms. The maximum absolute atomic E-state index is 11.4. The Morgan fingerprint density at radius 3 is 2.59 bits per heavy atom. The van der Waals surface area contributed by atoms with Crippen LogP contribution in [0.1, 0.15) is 57.2 Å². The van der Waals surface area contributed by atoms with Crippen molar-refractivity contribution in [2.75, 3.05) is 0 Å². The first-order valence-corrected chi connectivity index (χ1v) is 6.17. The Kier molecular flexibility index (Phi) is 3.17. The summed E-state index contributed by atoms with van der Waals surface area (Å²) in [7, 11) is 0. The van der Waals surface area contributed by atoms with Gasteiger partial charge in [0.05, 0.1) is 5.41 Å². The lowest BCUT2D eigenvalue weighted by Crippen LogP contribution is -2.32. The van der Waals surface area contributed by atoms with E-state index in [-0.39, 0.29) is 0 Å². The summed E-state index contributed by atoms with van der Waals surface area (Å²) in [5, 5.41) is 13.2. The van der Waals surface area contributed by atoms with E-state index < -0.39 is 11.4 Å². The van der Waals surface area contributed by atoms with Gasteiger partial charge in [0.1, 0.15) is 0 Å². The molecule has 1 aliphatic rings. The summed E-state index contributed by atoms with van der Waals surface area (Å²) in [6.07, 6.45) is 3.70. The van der Waals surface area contributed by atoms with Crippen LogP contribution in [0, 0.1) is 5.41 Å². The SMILES string of the molecule is CCC(CC)(Cc1nc(C2CC2)no1)C(=O)O. The molecule has 1 aromatic rings. The minimum absolute atomic E-state index is 0.328. The second-order valence-electron chi connectivity index (χ2n) is 4.79. The molecule has 0 amide bonds. The molecule has 0 spiro atoms. The van der Waals surface area contributed by atoms with Gasteiger partial charge in [-0.2, -0.15) is 4.98 Å². The Balaban J connectivity index is 2.13. The van der Waals surface area contributed by atoms with E-state index in [0.29, 0.717) is 31.1 Å². The molecule has 1 heterocycles. The highest BCUT2D eigenvalue weighted by Gasteiger charge is 2.38. The number of carboxylic acids is 1. The quantitative estimate of drug-likeness (QED) is 0.823. The molecule has 0 saturated heterocycles. The average Bonchev–Trinajstić information content (AvgIpc) is 3.07. The van der Waals surface area contributed by atoms with Gasteiger partial charge in [0.15, 0.2) is 5.82 Å². The number of aliphatic carboxylic acids is 1. The highest BCUT2D eigenvalue weighted by atomic mass is 16.5. The van der Waals surface area contributed by atoms with Gasteiger partial charge in [-0.05, 0) is 25.7 Å². The molecule has 5 heteroatoms. The highest BCUT2D eigenvalue weighted by molar-refractivity contribution is 5.74. The maximum atomic E-state index is 11.4. The van der Waals surface area contributed by atoms with Crippen LogP contribution in [0.5, 0.6) is 0 Å². The molecular formula is C12H18N2O3. The lowest BCUT2D eigenvalue weighted by molar-refractivity contribution is -0.149. The van der Waals surface area contributed by atoms with Crippen LogP contribution >= 0.6 is 0 Å². The maximum Gasteiger partial charge on any atom is 0.310 e. The Morgan fingerprint density at radius 1 is 1.47 bits per heavy atom. The summed E-state index contributed by atoms with van der Waals surface area (Å²) < 4.78 is 5.15. The fraction of sp³-hybridized carbons (Fsp3) is 0.750. The molecule has 1 fully saturated rings. The van der Waals surface area contributed by atoms with E-state index in [1.54, 1.807) is 0 Å². The molecule has 0 bridgehead atoms. The Hall–Kier alpha value is -1.39. The normalized spacial score (nSPS) is 16.1. The molecule has 0 unspecified atom stereocenters. The number of hydrogen-bond donors (Lipinski definition) is 1. The van der Waals surface area contributed by atoms with Gasteiger partial charge >= 0.3 is 5.97 Å². The molecule has 0 aliphatic heterocycles. The van der Waals surface area contributed by atoms with Crippen LogP contribution < -0.4 is 0 Å². The summed E-state index contributed by atoms with van der Waals surface area (Å²) in [5.74, 6) is 0.855. The number of aromatic nitrogens is 2. The minimum Gasteiger partial charge on any atom is -0.481 e. The van der Waals surface area contributed by atoms with Crippen LogP contribution in [-0.2, 0) is 11.2 Å². The number of rotatable bonds is 6. The molecular weight excluding hydrogens is 220 g/mol. The summed E-state index contributed by atoms with van der Waals surface area (Å²) in [4.78, 5) is 15.6. The molecule has 0 radical (unpaired) electrons. The highest BCUT2D eigenvalue weighted by Crippen LogP contribution is 2.39. The van der Waals surface area contributed by atoms with Crippen molar-refractivity contribution >= 4 is 5.97 Å². The van der Waals surface area contributed by atoms with Crippen LogP contribution in [0.25, 0.3) is 0 Å². The fourth-order valence-corrected chi connectivity index (χ4v) is 2.01. The zero-order valence-electron chi connectivity index (χ0n) is 10.3. The Labute approximate surface area is 100 Å². The van der Waals surface area contributed by atoms with E-state index in [1.165, 1.54) is 0 Å². The average molecular weight is 238 g/mol. The molecule has 1 N–H and O–H groups in total. The van der Waals surface area contributed by atoms with Crippen molar-refractivity contribution in [3.63, 3.8) is 0 Å². The second kappa shape index (κ2) is 4.47. The number of carbonyl (C=O) groups is 1. The minimum atomic E-state index is -0.784. The van der Waals surface area contributed by atoms with Crippen LogP contribution in [0.3, 0.4) is 0 Å². The molecule has 5 nitrogen and oxygen atoms in total. The first-order chi connectivity index (χ1) is 8.11. The molecule has 2 rings (SSSR count). The summed E-state index contributed by atoms with van der Waals surface area (Å²) in [6, 6.07) is 0. The molecule has 1 aliphatic carbocycles. The van der Waals surface area contributed by atoms with Gasteiger partial charge in [0, 0.05) is 12.3 Å². The summed E-state index contributed by atoms with van der Waals surface area (Å²) >= 11 is 0. The predicted octanol–water partition coefficient (Wildman–Crippen LogP) is 2.38.